The van der Waals surface area contributed by atoms with E-state index >= 15 is 0 Å². The molecule has 0 bridgehead atoms. The molecular formula is C21H24N4O3S. The van der Waals surface area contributed by atoms with Gasteiger partial charge in [-0.2, -0.15) is 0 Å². The second-order valence-electron chi connectivity index (χ2n) is 7.48. The summed E-state index contributed by atoms with van der Waals surface area (Å²) in [7, 11) is 0. The highest BCUT2D eigenvalue weighted by Crippen LogP contribution is 2.26. The zero-order valence-electron chi connectivity index (χ0n) is 16.2. The van der Waals surface area contributed by atoms with Gasteiger partial charge in [0.2, 0.25) is 17.7 Å². The molecule has 0 aliphatic carbocycles. The summed E-state index contributed by atoms with van der Waals surface area (Å²) < 4.78 is 0. The van der Waals surface area contributed by atoms with Crippen LogP contribution < -0.4 is 10.2 Å². The fraction of sp³-hybridized carbons (Fsp3) is 0.429. The Morgan fingerprint density at radius 2 is 2.00 bits per heavy atom. The van der Waals surface area contributed by atoms with Gasteiger partial charge in [-0.1, -0.05) is 18.2 Å². The van der Waals surface area contributed by atoms with Crippen molar-refractivity contribution in [2.45, 2.75) is 32.1 Å². The van der Waals surface area contributed by atoms with E-state index in [0.29, 0.717) is 36.9 Å². The number of para-hydroxylation sites is 1. The van der Waals surface area contributed by atoms with Crippen LogP contribution in [0.25, 0.3) is 0 Å². The molecule has 1 atom stereocenters. The topological polar surface area (TPSA) is 82.6 Å². The van der Waals surface area contributed by atoms with Gasteiger partial charge in [0.15, 0.2) is 5.13 Å². The summed E-state index contributed by atoms with van der Waals surface area (Å²) in [6, 6.07) is 9.37. The van der Waals surface area contributed by atoms with E-state index < -0.39 is 0 Å². The number of rotatable bonds is 5. The van der Waals surface area contributed by atoms with E-state index in [2.05, 4.69) is 10.3 Å². The second kappa shape index (κ2) is 8.73. The number of thiazole rings is 1. The van der Waals surface area contributed by atoms with Crippen LogP contribution in [0.3, 0.4) is 0 Å². The Morgan fingerprint density at radius 1 is 1.17 bits per heavy atom. The van der Waals surface area contributed by atoms with E-state index in [9.17, 15) is 14.4 Å². The normalized spacial score (nSPS) is 19.4. The van der Waals surface area contributed by atoms with E-state index in [1.807, 2.05) is 35.7 Å². The standard InChI is InChI=1S/C21H24N4O3S/c26-18-9-5-11-25(18)21-23-17(14-29-21)12-19(27)24-10-4-6-15(13-24)20(28)22-16-7-2-1-3-8-16/h1-3,7-8,14-15H,4-6,9-13H2,(H,22,28). The van der Waals surface area contributed by atoms with E-state index in [0.717, 1.165) is 24.9 Å². The van der Waals surface area contributed by atoms with Gasteiger partial charge in [0.25, 0.3) is 0 Å². The molecule has 2 aromatic rings. The summed E-state index contributed by atoms with van der Waals surface area (Å²) >= 11 is 1.41. The second-order valence-corrected chi connectivity index (χ2v) is 8.32. The van der Waals surface area contributed by atoms with Crippen LogP contribution in [0.2, 0.25) is 0 Å². The number of anilines is 2. The molecule has 2 aliphatic heterocycles. The molecule has 4 rings (SSSR count). The molecule has 1 aromatic heterocycles. The van der Waals surface area contributed by atoms with Crippen molar-refractivity contribution < 1.29 is 14.4 Å². The molecule has 0 saturated carbocycles. The van der Waals surface area contributed by atoms with Gasteiger partial charge in [-0.25, -0.2) is 4.98 Å². The van der Waals surface area contributed by atoms with Crippen LogP contribution in [0.5, 0.6) is 0 Å². The first kappa shape index (κ1) is 19.6. The molecule has 2 aliphatic rings. The van der Waals surface area contributed by atoms with Crippen molar-refractivity contribution in [3.8, 4) is 0 Å². The van der Waals surface area contributed by atoms with Gasteiger partial charge in [-0.3, -0.25) is 19.3 Å². The van der Waals surface area contributed by atoms with Crippen LogP contribution >= 0.6 is 11.3 Å². The third-order valence-electron chi connectivity index (χ3n) is 5.36. The number of amides is 3. The molecular weight excluding hydrogens is 388 g/mol. The first-order valence-electron chi connectivity index (χ1n) is 9.98. The van der Waals surface area contributed by atoms with Crippen LogP contribution in [0, 0.1) is 5.92 Å². The predicted molar refractivity (Wildman–Crippen MR) is 112 cm³/mol. The lowest BCUT2D eigenvalue weighted by Crippen LogP contribution is -2.44. The Balaban J connectivity index is 1.33. The Labute approximate surface area is 173 Å². The molecule has 152 valence electrons. The number of piperidine rings is 1. The number of aromatic nitrogens is 1. The van der Waals surface area contributed by atoms with Crippen LogP contribution in [0.1, 0.15) is 31.4 Å². The smallest absolute Gasteiger partial charge is 0.229 e. The minimum absolute atomic E-state index is 0.0215. The third kappa shape index (κ3) is 4.64. The molecule has 1 aromatic carbocycles. The van der Waals surface area contributed by atoms with Crippen molar-refractivity contribution in [3.63, 3.8) is 0 Å². The summed E-state index contributed by atoms with van der Waals surface area (Å²) in [5, 5.41) is 5.46. The maximum Gasteiger partial charge on any atom is 0.229 e. The van der Waals surface area contributed by atoms with Crippen molar-refractivity contribution in [2.75, 3.05) is 29.9 Å². The number of nitrogens with one attached hydrogen (secondary N) is 1. The number of hydrogen-bond donors (Lipinski definition) is 1. The van der Waals surface area contributed by atoms with Crippen LogP contribution in [-0.4, -0.2) is 47.2 Å². The lowest BCUT2D eigenvalue weighted by Gasteiger charge is -2.32. The molecule has 3 amide bonds. The van der Waals surface area contributed by atoms with Crippen molar-refractivity contribution in [2.24, 2.45) is 5.92 Å². The van der Waals surface area contributed by atoms with Gasteiger partial charge < -0.3 is 10.2 Å². The van der Waals surface area contributed by atoms with Crippen LogP contribution in [0.4, 0.5) is 10.8 Å². The summed E-state index contributed by atoms with van der Waals surface area (Å²) in [5.74, 6) is -0.175. The molecule has 0 spiro atoms. The summed E-state index contributed by atoms with van der Waals surface area (Å²) in [5.41, 5.74) is 1.46. The van der Waals surface area contributed by atoms with Crippen LogP contribution in [0.15, 0.2) is 35.7 Å². The van der Waals surface area contributed by atoms with E-state index in [-0.39, 0.29) is 30.1 Å². The highest BCUT2D eigenvalue weighted by Gasteiger charge is 2.29. The number of carbonyl (C=O) groups is 3. The maximum atomic E-state index is 12.8. The summed E-state index contributed by atoms with van der Waals surface area (Å²) in [6.45, 7) is 1.79. The molecule has 0 radical (unpaired) electrons. The number of hydrogen-bond acceptors (Lipinski definition) is 5. The first-order chi connectivity index (χ1) is 14.1. The lowest BCUT2D eigenvalue weighted by molar-refractivity contribution is -0.134. The maximum absolute atomic E-state index is 12.8. The van der Waals surface area contributed by atoms with Crippen molar-refractivity contribution in [1.29, 1.82) is 0 Å². The van der Waals surface area contributed by atoms with Gasteiger partial charge >= 0.3 is 0 Å². The van der Waals surface area contributed by atoms with Crippen LogP contribution in [-0.2, 0) is 20.8 Å². The first-order valence-corrected chi connectivity index (χ1v) is 10.9. The predicted octanol–water partition coefficient (Wildman–Crippen LogP) is 2.69. The number of benzene rings is 1. The van der Waals surface area contributed by atoms with Gasteiger partial charge in [0.05, 0.1) is 18.0 Å². The Hall–Kier alpha value is -2.74. The molecule has 8 heteroatoms. The highest BCUT2D eigenvalue weighted by atomic mass is 32.1. The largest absolute Gasteiger partial charge is 0.342 e. The van der Waals surface area contributed by atoms with Gasteiger partial charge in [0.1, 0.15) is 0 Å². The quantitative estimate of drug-likeness (QED) is 0.819. The van der Waals surface area contributed by atoms with Crippen molar-refractivity contribution in [1.82, 2.24) is 9.88 Å². The average Bonchev–Trinajstić information content (AvgIpc) is 3.37. The SMILES string of the molecule is O=C(Nc1ccccc1)C1CCCN(C(=O)Cc2csc(N3CCCC3=O)n2)C1. The molecule has 1 unspecified atom stereocenters. The molecule has 1 N–H and O–H groups in total. The zero-order valence-corrected chi connectivity index (χ0v) is 17.0. The van der Waals surface area contributed by atoms with E-state index in [4.69, 9.17) is 0 Å². The third-order valence-corrected chi connectivity index (χ3v) is 6.27. The van der Waals surface area contributed by atoms with E-state index in [1.54, 1.807) is 9.80 Å². The van der Waals surface area contributed by atoms with Gasteiger partial charge in [0, 0.05) is 37.1 Å². The van der Waals surface area contributed by atoms with Gasteiger partial charge in [-0.15, -0.1) is 11.3 Å². The Bertz CT molecular complexity index is 898. The Kier molecular flexibility index (Phi) is 5.89. The number of carbonyl (C=O) groups excluding carboxylic acids is 3. The molecule has 2 saturated heterocycles. The zero-order chi connectivity index (χ0) is 20.2. The summed E-state index contributed by atoms with van der Waals surface area (Å²) in [6.07, 6.45) is 3.20. The minimum atomic E-state index is -0.207. The summed E-state index contributed by atoms with van der Waals surface area (Å²) in [4.78, 5) is 45.2. The fourth-order valence-electron chi connectivity index (χ4n) is 3.80. The molecule has 2 fully saturated rings. The molecule has 3 heterocycles. The van der Waals surface area contributed by atoms with Gasteiger partial charge in [-0.05, 0) is 31.4 Å². The molecule has 29 heavy (non-hydrogen) atoms. The molecule has 7 nitrogen and oxygen atoms in total. The average molecular weight is 413 g/mol. The monoisotopic (exact) mass is 412 g/mol. The van der Waals surface area contributed by atoms with E-state index in [1.165, 1.54) is 11.3 Å². The minimum Gasteiger partial charge on any atom is -0.342 e. The highest BCUT2D eigenvalue weighted by molar-refractivity contribution is 7.14. The Morgan fingerprint density at radius 3 is 2.76 bits per heavy atom. The fourth-order valence-corrected chi connectivity index (χ4v) is 4.67. The number of nitrogens with zero attached hydrogens (tertiary/aromatic N) is 3. The van der Waals surface area contributed by atoms with Crippen molar-refractivity contribution in [3.05, 3.63) is 41.4 Å². The number of likely N-dealkylation sites (tertiary alicyclic amines) is 1. The lowest BCUT2D eigenvalue weighted by atomic mass is 9.96. The van der Waals surface area contributed by atoms with Crippen molar-refractivity contribution >= 4 is 39.9 Å².